The molecule has 0 unspecified atom stereocenters. The Labute approximate surface area is 142 Å². The average Bonchev–Trinajstić information content (AvgIpc) is 3.05. The van der Waals surface area contributed by atoms with Crippen LogP contribution in [0.2, 0.25) is 0 Å². The predicted octanol–water partition coefficient (Wildman–Crippen LogP) is 5.30. The Morgan fingerprint density at radius 2 is 1.46 bits per heavy atom. The van der Waals surface area contributed by atoms with Crippen LogP contribution in [0.5, 0.6) is 0 Å². The quantitative estimate of drug-likeness (QED) is 0.529. The fourth-order valence-corrected chi connectivity index (χ4v) is 3.09. The summed E-state index contributed by atoms with van der Waals surface area (Å²) in [7, 11) is 0. The van der Waals surface area contributed by atoms with Gasteiger partial charge in [-0.15, -0.1) is 0 Å². The molecule has 3 aromatic carbocycles. The van der Waals surface area contributed by atoms with Gasteiger partial charge in [-0.05, 0) is 34.7 Å². The first-order chi connectivity index (χ1) is 11.9. The smallest absolute Gasteiger partial charge is 0.0496 e. The Morgan fingerprint density at radius 1 is 0.708 bits per heavy atom. The zero-order valence-electron chi connectivity index (χ0n) is 13.5. The third-order valence-corrected chi connectivity index (χ3v) is 4.36. The Kier molecular flexibility index (Phi) is 4.03. The first-order valence-corrected chi connectivity index (χ1v) is 8.30. The van der Waals surface area contributed by atoms with Gasteiger partial charge in [0.2, 0.25) is 0 Å². The molecule has 0 saturated carbocycles. The van der Waals surface area contributed by atoms with E-state index in [0.717, 1.165) is 13.1 Å². The van der Waals surface area contributed by atoms with E-state index in [1.54, 1.807) is 0 Å². The minimum atomic E-state index is 0.838. The summed E-state index contributed by atoms with van der Waals surface area (Å²) in [5.74, 6) is 0. The van der Waals surface area contributed by atoms with Crippen LogP contribution in [0.3, 0.4) is 0 Å². The summed E-state index contributed by atoms with van der Waals surface area (Å²) in [4.78, 5) is 0. The number of rotatable bonds is 5. The summed E-state index contributed by atoms with van der Waals surface area (Å²) >= 11 is 0. The van der Waals surface area contributed by atoms with Crippen LogP contribution < -0.4 is 5.32 Å². The van der Waals surface area contributed by atoms with Crippen molar-refractivity contribution >= 4 is 16.6 Å². The number of nitrogens with one attached hydrogen (secondary N) is 1. The lowest BCUT2D eigenvalue weighted by molar-refractivity contribution is 0.836. The van der Waals surface area contributed by atoms with Crippen molar-refractivity contribution in [3.63, 3.8) is 0 Å². The molecule has 118 valence electrons. The molecule has 4 aromatic rings. The molecule has 0 bridgehead atoms. The van der Waals surface area contributed by atoms with Crippen molar-refractivity contribution in [1.29, 1.82) is 0 Å². The van der Waals surface area contributed by atoms with E-state index in [0.29, 0.717) is 0 Å². The maximum atomic E-state index is 3.58. The first kappa shape index (κ1) is 14.6. The van der Waals surface area contributed by atoms with E-state index in [-0.39, 0.29) is 0 Å². The lowest BCUT2D eigenvalue weighted by Crippen LogP contribution is -2.05. The normalized spacial score (nSPS) is 10.8. The van der Waals surface area contributed by atoms with Gasteiger partial charge in [0.05, 0.1) is 0 Å². The van der Waals surface area contributed by atoms with Crippen molar-refractivity contribution in [3.8, 4) is 0 Å². The van der Waals surface area contributed by atoms with E-state index in [2.05, 4.69) is 101 Å². The third kappa shape index (κ3) is 3.04. The minimum absolute atomic E-state index is 0.838. The van der Waals surface area contributed by atoms with Gasteiger partial charge in [0.15, 0.2) is 0 Å². The summed E-state index contributed by atoms with van der Waals surface area (Å²) in [5, 5.41) is 4.86. The van der Waals surface area contributed by atoms with E-state index >= 15 is 0 Å². The van der Waals surface area contributed by atoms with Crippen LogP contribution in [0.1, 0.15) is 11.1 Å². The van der Waals surface area contributed by atoms with Crippen LogP contribution >= 0.6 is 0 Å². The summed E-state index contributed by atoms with van der Waals surface area (Å²) in [6.07, 6.45) is 2.17. The second kappa shape index (κ2) is 6.63. The zero-order chi connectivity index (χ0) is 16.2. The number of hydrogen-bond donors (Lipinski definition) is 1. The second-order valence-corrected chi connectivity index (χ2v) is 6.00. The van der Waals surface area contributed by atoms with Gasteiger partial charge < -0.3 is 9.88 Å². The molecule has 1 N–H and O–H groups in total. The largest absolute Gasteiger partial charge is 0.381 e. The highest BCUT2D eigenvalue weighted by Crippen LogP contribution is 2.21. The second-order valence-electron chi connectivity index (χ2n) is 6.00. The van der Waals surface area contributed by atoms with Gasteiger partial charge in [-0.25, -0.2) is 0 Å². The molecule has 0 radical (unpaired) electrons. The van der Waals surface area contributed by atoms with E-state index in [1.807, 2.05) is 0 Å². The average molecular weight is 312 g/mol. The van der Waals surface area contributed by atoms with Gasteiger partial charge >= 0.3 is 0 Å². The van der Waals surface area contributed by atoms with Gasteiger partial charge in [0.1, 0.15) is 0 Å². The Hall–Kier alpha value is -3.00. The fraction of sp³-hybridized carbons (Fsp3) is 0.0909. The van der Waals surface area contributed by atoms with Crippen LogP contribution in [0.25, 0.3) is 10.9 Å². The maximum absolute atomic E-state index is 3.58. The first-order valence-electron chi connectivity index (χ1n) is 8.30. The van der Waals surface area contributed by atoms with Crippen LogP contribution in [0, 0.1) is 0 Å². The van der Waals surface area contributed by atoms with Gasteiger partial charge in [-0.3, -0.25) is 0 Å². The van der Waals surface area contributed by atoms with Gasteiger partial charge in [0, 0.05) is 30.5 Å². The molecule has 0 aliphatic carbocycles. The van der Waals surface area contributed by atoms with Crippen LogP contribution in [0.4, 0.5) is 5.69 Å². The van der Waals surface area contributed by atoms with Crippen molar-refractivity contribution in [2.45, 2.75) is 13.1 Å². The Morgan fingerprint density at radius 3 is 2.38 bits per heavy atom. The van der Waals surface area contributed by atoms with Crippen molar-refractivity contribution in [2.24, 2.45) is 0 Å². The summed E-state index contributed by atoms with van der Waals surface area (Å²) < 4.78 is 2.30. The molecule has 0 fully saturated rings. The molecular weight excluding hydrogens is 292 g/mol. The summed E-state index contributed by atoms with van der Waals surface area (Å²) in [5.41, 5.74) is 5.06. The SMILES string of the molecule is c1ccc(CNc2ccccc2Cn2ccc3ccccc32)cc1. The van der Waals surface area contributed by atoms with Crippen molar-refractivity contribution in [1.82, 2.24) is 4.57 Å². The standard InChI is InChI=1S/C22H20N2/c1-2-8-18(9-3-1)16-23-21-12-6-4-11-20(21)17-24-15-14-19-10-5-7-13-22(19)24/h1-15,23H,16-17H2. The highest BCUT2D eigenvalue weighted by atomic mass is 15.0. The molecule has 0 saturated heterocycles. The van der Waals surface area contributed by atoms with Gasteiger partial charge in [-0.1, -0.05) is 66.7 Å². The van der Waals surface area contributed by atoms with Crippen molar-refractivity contribution in [3.05, 3.63) is 102 Å². The van der Waals surface area contributed by atoms with Crippen LogP contribution in [-0.4, -0.2) is 4.57 Å². The number of fused-ring (bicyclic) bond motifs is 1. The lowest BCUT2D eigenvalue weighted by atomic mass is 10.1. The molecule has 0 amide bonds. The number of benzene rings is 3. The minimum Gasteiger partial charge on any atom is -0.381 e. The van der Waals surface area contributed by atoms with Gasteiger partial charge in [-0.2, -0.15) is 0 Å². The fourth-order valence-electron chi connectivity index (χ4n) is 3.09. The molecule has 0 aliphatic rings. The third-order valence-electron chi connectivity index (χ3n) is 4.36. The molecule has 1 aromatic heterocycles. The van der Waals surface area contributed by atoms with Crippen molar-refractivity contribution in [2.75, 3.05) is 5.32 Å². The molecule has 0 spiro atoms. The topological polar surface area (TPSA) is 17.0 Å². The predicted molar refractivity (Wildman–Crippen MR) is 101 cm³/mol. The van der Waals surface area contributed by atoms with E-state index < -0.39 is 0 Å². The Bertz CT molecular complexity index is 938. The molecule has 4 rings (SSSR count). The monoisotopic (exact) mass is 312 g/mol. The molecule has 0 atom stereocenters. The Balaban J connectivity index is 1.57. The number of anilines is 1. The highest BCUT2D eigenvalue weighted by Gasteiger charge is 2.05. The maximum Gasteiger partial charge on any atom is 0.0496 e. The zero-order valence-corrected chi connectivity index (χ0v) is 13.5. The highest BCUT2D eigenvalue weighted by molar-refractivity contribution is 5.80. The summed E-state index contributed by atoms with van der Waals surface area (Å²) in [6.45, 7) is 1.70. The number of para-hydroxylation sites is 2. The van der Waals surface area contributed by atoms with E-state index in [9.17, 15) is 0 Å². The molecule has 2 nitrogen and oxygen atoms in total. The van der Waals surface area contributed by atoms with Crippen molar-refractivity contribution < 1.29 is 0 Å². The van der Waals surface area contributed by atoms with Crippen LogP contribution in [-0.2, 0) is 13.1 Å². The van der Waals surface area contributed by atoms with Crippen LogP contribution in [0.15, 0.2) is 91.1 Å². The number of hydrogen-bond acceptors (Lipinski definition) is 1. The number of nitrogens with zero attached hydrogens (tertiary/aromatic N) is 1. The summed E-state index contributed by atoms with van der Waals surface area (Å²) in [6, 6.07) is 29.7. The van der Waals surface area contributed by atoms with E-state index in [1.165, 1.54) is 27.7 Å². The molecule has 24 heavy (non-hydrogen) atoms. The lowest BCUT2D eigenvalue weighted by Gasteiger charge is -2.13. The van der Waals surface area contributed by atoms with E-state index in [4.69, 9.17) is 0 Å². The number of aromatic nitrogens is 1. The molecular formula is C22H20N2. The molecule has 2 heteroatoms. The van der Waals surface area contributed by atoms with Gasteiger partial charge in [0.25, 0.3) is 0 Å². The molecule has 1 heterocycles. The molecule has 0 aliphatic heterocycles.